The summed E-state index contributed by atoms with van der Waals surface area (Å²) in [4.78, 5) is 4.33. The van der Waals surface area contributed by atoms with E-state index >= 15 is 0 Å². The van der Waals surface area contributed by atoms with Crippen LogP contribution in [0.15, 0.2) is 35.7 Å². The van der Waals surface area contributed by atoms with Crippen LogP contribution in [0.1, 0.15) is 24.1 Å². The van der Waals surface area contributed by atoms with Crippen molar-refractivity contribution < 1.29 is 4.74 Å². The smallest absolute Gasteiger partial charge is 0.180 e. The zero-order valence-corrected chi connectivity index (χ0v) is 10.2. The van der Waals surface area contributed by atoms with Crippen LogP contribution in [0.25, 0.3) is 0 Å². The van der Waals surface area contributed by atoms with Gasteiger partial charge in [-0.2, -0.15) is 0 Å². The van der Waals surface area contributed by atoms with Gasteiger partial charge in [0.15, 0.2) is 5.13 Å². The molecular weight excluding hydrogens is 232 g/mol. The van der Waals surface area contributed by atoms with E-state index in [0.29, 0.717) is 11.7 Å². The molecule has 1 fully saturated rings. The van der Waals surface area contributed by atoms with Gasteiger partial charge in [0.1, 0.15) is 5.60 Å². The highest BCUT2D eigenvalue weighted by molar-refractivity contribution is 7.13. The predicted octanol–water partition coefficient (Wildman–Crippen LogP) is 2.93. The Hall–Kier alpha value is -1.39. The molecule has 88 valence electrons. The van der Waals surface area contributed by atoms with Gasteiger partial charge < -0.3 is 10.5 Å². The summed E-state index contributed by atoms with van der Waals surface area (Å²) in [5, 5.41) is 2.63. The first kappa shape index (κ1) is 10.7. The molecule has 0 saturated heterocycles. The highest BCUT2D eigenvalue weighted by Gasteiger charge is 2.47. The number of ether oxygens (including phenoxy) is 1. The molecule has 0 aliphatic heterocycles. The van der Waals surface area contributed by atoms with Crippen LogP contribution in [-0.4, -0.2) is 4.98 Å². The van der Waals surface area contributed by atoms with Crippen molar-refractivity contribution in [3.8, 4) is 0 Å². The molecule has 1 heterocycles. The molecule has 0 atom stereocenters. The van der Waals surface area contributed by atoms with Crippen molar-refractivity contribution in [1.82, 2.24) is 4.98 Å². The third kappa shape index (κ3) is 2.18. The first-order valence-corrected chi connectivity index (χ1v) is 6.56. The lowest BCUT2D eigenvalue weighted by Crippen LogP contribution is -2.12. The quantitative estimate of drug-likeness (QED) is 0.902. The molecule has 3 rings (SSSR count). The van der Waals surface area contributed by atoms with Crippen molar-refractivity contribution in [2.45, 2.75) is 25.0 Å². The van der Waals surface area contributed by atoms with Crippen LogP contribution in [-0.2, 0) is 16.9 Å². The average Bonchev–Trinajstić information content (AvgIpc) is 3.04. The molecule has 1 aliphatic rings. The second-order valence-electron chi connectivity index (χ2n) is 4.34. The Morgan fingerprint density at radius 2 is 2.06 bits per heavy atom. The van der Waals surface area contributed by atoms with E-state index in [1.807, 2.05) is 23.6 Å². The first-order valence-electron chi connectivity index (χ1n) is 5.68. The fourth-order valence-corrected chi connectivity index (χ4v) is 2.53. The van der Waals surface area contributed by atoms with E-state index in [4.69, 9.17) is 10.5 Å². The van der Waals surface area contributed by atoms with Crippen molar-refractivity contribution in [2.75, 3.05) is 5.73 Å². The summed E-state index contributed by atoms with van der Waals surface area (Å²) in [6, 6.07) is 10.2. The van der Waals surface area contributed by atoms with Crippen molar-refractivity contribution in [1.29, 1.82) is 0 Å². The number of rotatable bonds is 4. The predicted molar refractivity (Wildman–Crippen MR) is 68.7 cm³/mol. The molecule has 4 heteroatoms. The summed E-state index contributed by atoms with van der Waals surface area (Å²) in [6.07, 6.45) is 2.09. The van der Waals surface area contributed by atoms with Gasteiger partial charge >= 0.3 is 0 Å². The maximum Gasteiger partial charge on any atom is 0.180 e. The van der Waals surface area contributed by atoms with Crippen molar-refractivity contribution in [3.63, 3.8) is 0 Å². The summed E-state index contributed by atoms with van der Waals surface area (Å²) >= 11 is 1.48. The minimum absolute atomic E-state index is 0.163. The number of nitrogen functional groups attached to an aromatic ring is 1. The van der Waals surface area contributed by atoms with Crippen molar-refractivity contribution in [3.05, 3.63) is 47.0 Å². The summed E-state index contributed by atoms with van der Waals surface area (Å²) in [6.45, 7) is 0.637. The molecule has 0 bridgehead atoms. The van der Waals surface area contributed by atoms with Gasteiger partial charge in [0.05, 0.1) is 12.3 Å². The molecule has 0 radical (unpaired) electrons. The molecule has 0 spiro atoms. The van der Waals surface area contributed by atoms with E-state index in [0.717, 1.165) is 18.5 Å². The molecule has 1 aliphatic carbocycles. The van der Waals surface area contributed by atoms with Crippen molar-refractivity contribution >= 4 is 16.5 Å². The van der Waals surface area contributed by atoms with Crippen LogP contribution < -0.4 is 5.73 Å². The minimum Gasteiger partial charge on any atom is -0.375 e. The zero-order valence-electron chi connectivity index (χ0n) is 9.43. The summed E-state index contributed by atoms with van der Waals surface area (Å²) in [5.41, 5.74) is 7.69. The van der Waals surface area contributed by atoms with Crippen LogP contribution in [0, 0.1) is 0 Å². The summed E-state index contributed by atoms with van der Waals surface area (Å²) < 4.78 is 6.01. The number of aromatic nitrogens is 1. The van der Waals surface area contributed by atoms with E-state index < -0.39 is 0 Å². The maximum atomic E-state index is 6.01. The third-order valence-electron chi connectivity index (χ3n) is 3.05. The molecule has 1 aromatic carbocycles. The second-order valence-corrected chi connectivity index (χ2v) is 5.23. The first-order chi connectivity index (χ1) is 8.28. The molecule has 3 nitrogen and oxygen atoms in total. The van der Waals surface area contributed by atoms with Crippen LogP contribution in [0.5, 0.6) is 0 Å². The summed E-state index contributed by atoms with van der Waals surface area (Å²) in [5.74, 6) is 0. The van der Waals surface area contributed by atoms with Crippen LogP contribution >= 0.6 is 11.3 Å². The molecule has 0 unspecified atom stereocenters. The largest absolute Gasteiger partial charge is 0.375 e. The lowest BCUT2D eigenvalue weighted by molar-refractivity contribution is 0.0147. The van der Waals surface area contributed by atoms with E-state index in [1.54, 1.807) is 0 Å². The fraction of sp³-hybridized carbons (Fsp3) is 0.308. The third-order valence-corrected chi connectivity index (χ3v) is 3.72. The number of benzene rings is 1. The normalized spacial score (nSPS) is 16.9. The maximum absolute atomic E-state index is 6.01. The lowest BCUT2D eigenvalue weighted by atomic mass is 10.2. The number of thiazole rings is 1. The standard InChI is InChI=1S/C13H14N2OS/c14-12-15-11(9-17-12)13(6-7-13)16-8-10-4-2-1-3-5-10/h1-5,9H,6-8H2,(H2,14,15). The van der Waals surface area contributed by atoms with Gasteiger partial charge in [0.25, 0.3) is 0 Å². The van der Waals surface area contributed by atoms with Crippen LogP contribution in [0.2, 0.25) is 0 Å². The zero-order chi connectivity index (χ0) is 11.7. The minimum atomic E-state index is -0.163. The van der Waals surface area contributed by atoms with Gasteiger partial charge in [-0.3, -0.25) is 0 Å². The van der Waals surface area contributed by atoms with Crippen LogP contribution in [0.3, 0.4) is 0 Å². The fourth-order valence-electron chi connectivity index (χ4n) is 1.88. The Balaban J connectivity index is 1.69. The Bertz CT molecular complexity index is 505. The van der Waals surface area contributed by atoms with Gasteiger partial charge in [0.2, 0.25) is 0 Å². The Morgan fingerprint density at radius 3 is 2.65 bits per heavy atom. The average molecular weight is 246 g/mol. The van der Waals surface area contributed by atoms with Crippen molar-refractivity contribution in [2.24, 2.45) is 0 Å². The highest BCUT2D eigenvalue weighted by Crippen LogP contribution is 2.49. The molecule has 17 heavy (non-hydrogen) atoms. The second kappa shape index (κ2) is 4.13. The van der Waals surface area contributed by atoms with Gasteiger partial charge in [-0.25, -0.2) is 4.98 Å². The highest BCUT2D eigenvalue weighted by atomic mass is 32.1. The van der Waals surface area contributed by atoms with Gasteiger partial charge in [-0.05, 0) is 18.4 Å². The molecule has 1 aromatic heterocycles. The molecule has 2 aromatic rings. The van der Waals surface area contributed by atoms with Gasteiger partial charge in [-0.1, -0.05) is 30.3 Å². The van der Waals surface area contributed by atoms with Crippen LogP contribution in [0.4, 0.5) is 5.13 Å². The lowest BCUT2D eigenvalue weighted by Gasteiger charge is -2.14. The monoisotopic (exact) mass is 246 g/mol. The van der Waals surface area contributed by atoms with E-state index in [-0.39, 0.29) is 5.60 Å². The molecule has 1 saturated carbocycles. The number of hydrogen-bond acceptors (Lipinski definition) is 4. The Labute approximate surface area is 104 Å². The van der Waals surface area contributed by atoms with E-state index in [9.17, 15) is 0 Å². The Morgan fingerprint density at radius 1 is 1.29 bits per heavy atom. The van der Waals surface area contributed by atoms with Gasteiger partial charge in [0, 0.05) is 5.38 Å². The number of nitrogens with two attached hydrogens (primary N) is 1. The molecule has 0 amide bonds. The molecular formula is C13H14N2OS. The number of hydrogen-bond donors (Lipinski definition) is 1. The molecule has 2 N–H and O–H groups in total. The topological polar surface area (TPSA) is 48.1 Å². The number of nitrogens with zero attached hydrogens (tertiary/aromatic N) is 1. The SMILES string of the molecule is Nc1nc(C2(OCc3ccccc3)CC2)cs1. The number of anilines is 1. The van der Waals surface area contributed by atoms with E-state index in [1.165, 1.54) is 16.9 Å². The van der Waals surface area contributed by atoms with Gasteiger partial charge in [-0.15, -0.1) is 11.3 Å². The van der Waals surface area contributed by atoms with E-state index in [2.05, 4.69) is 17.1 Å². The summed E-state index contributed by atoms with van der Waals surface area (Å²) in [7, 11) is 0. The Kier molecular flexibility index (Phi) is 2.61.